The quantitative estimate of drug-likeness (QED) is 0.803. The summed E-state index contributed by atoms with van der Waals surface area (Å²) in [6.45, 7) is 0. The molecule has 5 heteroatoms. The number of amides is 1. The van der Waals surface area contributed by atoms with Gasteiger partial charge in [-0.25, -0.2) is 0 Å². The van der Waals surface area contributed by atoms with Crippen LogP contribution in [0.1, 0.15) is 15.9 Å². The Hall–Kier alpha value is -2.69. The highest BCUT2D eigenvalue weighted by molar-refractivity contribution is 5.95. The zero-order valence-electron chi connectivity index (χ0n) is 10.7. The average Bonchev–Trinajstić information content (AvgIpc) is 2.49. The molecule has 0 spiro atoms. The predicted octanol–water partition coefficient (Wildman–Crippen LogP) is 1.33. The molecule has 1 aromatic carbocycles. The number of carbonyl (C=O) groups is 2. The van der Waals surface area contributed by atoms with Gasteiger partial charge in [-0.15, -0.1) is 0 Å². The third-order valence-electron chi connectivity index (χ3n) is 2.80. The zero-order chi connectivity index (χ0) is 14.4. The first-order chi connectivity index (χ1) is 9.69. The number of aldehydes is 1. The van der Waals surface area contributed by atoms with Crippen molar-refractivity contribution in [3.63, 3.8) is 0 Å². The van der Waals surface area contributed by atoms with E-state index in [0.29, 0.717) is 18.3 Å². The molecule has 1 aromatic heterocycles. The molecule has 1 atom stereocenters. The molecule has 0 aliphatic heterocycles. The number of pyridine rings is 1. The van der Waals surface area contributed by atoms with Gasteiger partial charge >= 0.3 is 0 Å². The van der Waals surface area contributed by atoms with Gasteiger partial charge in [0.25, 0.3) is 5.91 Å². The second kappa shape index (κ2) is 6.47. The predicted molar refractivity (Wildman–Crippen MR) is 73.4 cm³/mol. The van der Waals surface area contributed by atoms with E-state index in [0.717, 1.165) is 5.56 Å². The van der Waals surface area contributed by atoms with Crippen molar-refractivity contribution in [2.24, 2.45) is 0 Å². The van der Waals surface area contributed by atoms with Crippen molar-refractivity contribution in [3.8, 4) is 5.75 Å². The lowest BCUT2D eigenvalue weighted by atomic mass is 10.1. The van der Waals surface area contributed by atoms with Crippen LogP contribution < -0.4 is 5.32 Å². The molecule has 0 saturated heterocycles. The van der Waals surface area contributed by atoms with Crippen molar-refractivity contribution in [2.45, 2.75) is 12.5 Å². The van der Waals surface area contributed by atoms with Gasteiger partial charge in [-0.05, 0) is 36.2 Å². The molecular weight excluding hydrogens is 256 g/mol. The summed E-state index contributed by atoms with van der Waals surface area (Å²) < 4.78 is 0. The molecule has 1 amide bonds. The van der Waals surface area contributed by atoms with E-state index >= 15 is 0 Å². The normalized spacial score (nSPS) is 11.6. The van der Waals surface area contributed by atoms with Gasteiger partial charge in [0, 0.05) is 12.4 Å². The Balaban J connectivity index is 2.00. The Morgan fingerprint density at radius 2 is 2.05 bits per heavy atom. The first-order valence-corrected chi connectivity index (χ1v) is 6.13. The van der Waals surface area contributed by atoms with Gasteiger partial charge < -0.3 is 15.2 Å². The molecule has 5 nitrogen and oxygen atoms in total. The van der Waals surface area contributed by atoms with Gasteiger partial charge in [0.05, 0.1) is 11.6 Å². The van der Waals surface area contributed by atoms with Crippen molar-refractivity contribution in [2.75, 3.05) is 0 Å². The molecule has 2 N–H and O–H groups in total. The second-order valence-electron chi connectivity index (χ2n) is 4.33. The summed E-state index contributed by atoms with van der Waals surface area (Å²) >= 11 is 0. The summed E-state index contributed by atoms with van der Waals surface area (Å²) in [5.74, 6) is -0.176. The van der Waals surface area contributed by atoms with E-state index in [1.165, 1.54) is 6.20 Å². The molecule has 1 unspecified atom stereocenters. The maximum atomic E-state index is 11.9. The SMILES string of the molecule is O=CC(Cc1ccc(O)cc1)NC(=O)c1cccnc1. The van der Waals surface area contributed by atoms with E-state index in [9.17, 15) is 14.7 Å². The Morgan fingerprint density at radius 3 is 2.65 bits per heavy atom. The monoisotopic (exact) mass is 270 g/mol. The Labute approximate surface area is 116 Å². The highest BCUT2D eigenvalue weighted by Crippen LogP contribution is 2.11. The lowest BCUT2D eigenvalue weighted by Crippen LogP contribution is -2.37. The summed E-state index contributed by atoms with van der Waals surface area (Å²) in [4.78, 5) is 26.8. The summed E-state index contributed by atoms with van der Waals surface area (Å²) in [6, 6.07) is 9.17. The molecular formula is C15H14N2O3. The highest BCUT2D eigenvalue weighted by atomic mass is 16.3. The van der Waals surface area contributed by atoms with E-state index in [1.54, 1.807) is 42.6 Å². The Morgan fingerprint density at radius 1 is 1.30 bits per heavy atom. The van der Waals surface area contributed by atoms with Gasteiger partial charge in [0.15, 0.2) is 0 Å². The van der Waals surface area contributed by atoms with Crippen LogP contribution in [-0.2, 0) is 11.2 Å². The number of aromatic hydroxyl groups is 1. The van der Waals surface area contributed by atoms with E-state index in [4.69, 9.17) is 0 Å². The second-order valence-corrected chi connectivity index (χ2v) is 4.33. The van der Waals surface area contributed by atoms with E-state index in [-0.39, 0.29) is 11.7 Å². The molecule has 0 saturated carbocycles. The minimum atomic E-state index is -0.618. The molecule has 102 valence electrons. The fourth-order valence-corrected chi connectivity index (χ4v) is 1.77. The van der Waals surface area contributed by atoms with Crippen LogP contribution >= 0.6 is 0 Å². The molecule has 0 fully saturated rings. The van der Waals surface area contributed by atoms with Crippen molar-refractivity contribution in [1.82, 2.24) is 10.3 Å². The van der Waals surface area contributed by atoms with Crippen LogP contribution in [0.25, 0.3) is 0 Å². The maximum absolute atomic E-state index is 11.9. The number of nitrogens with one attached hydrogen (secondary N) is 1. The lowest BCUT2D eigenvalue weighted by molar-refractivity contribution is -0.109. The summed E-state index contributed by atoms with van der Waals surface area (Å²) in [5, 5.41) is 11.8. The van der Waals surface area contributed by atoms with Crippen LogP contribution in [0.3, 0.4) is 0 Å². The highest BCUT2D eigenvalue weighted by Gasteiger charge is 2.13. The number of hydrogen-bond donors (Lipinski definition) is 2. The molecule has 1 heterocycles. The topological polar surface area (TPSA) is 79.3 Å². The van der Waals surface area contributed by atoms with Gasteiger partial charge in [-0.3, -0.25) is 9.78 Å². The van der Waals surface area contributed by atoms with Gasteiger partial charge in [0.1, 0.15) is 12.0 Å². The third-order valence-corrected chi connectivity index (χ3v) is 2.80. The van der Waals surface area contributed by atoms with Crippen LogP contribution in [0, 0.1) is 0 Å². The van der Waals surface area contributed by atoms with Crippen LogP contribution in [0.5, 0.6) is 5.75 Å². The number of rotatable bonds is 5. The van der Waals surface area contributed by atoms with Crippen LogP contribution in [0.15, 0.2) is 48.8 Å². The number of phenols is 1. The first kappa shape index (κ1) is 13.7. The minimum absolute atomic E-state index is 0.163. The number of benzene rings is 1. The van der Waals surface area contributed by atoms with E-state index in [2.05, 4.69) is 10.3 Å². The first-order valence-electron chi connectivity index (χ1n) is 6.13. The maximum Gasteiger partial charge on any atom is 0.253 e. The number of aromatic nitrogens is 1. The summed E-state index contributed by atoms with van der Waals surface area (Å²) in [7, 11) is 0. The van der Waals surface area contributed by atoms with Crippen molar-refractivity contribution >= 4 is 12.2 Å². The standard InChI is InChI=1S/C15H14N2O3/c18-10-13(8-11-3-5-14(19)6-4-11)17-15(20)12-2-1-7-16-9-12/h1-7,9-10,13,19H,8H2,(H,17,20). The fourth-order valence-electron chi connectivity index (χ4n) is 1.77. The van der Waals surface area contributed by atoms with Gasteiger partial charge in [-0.1, -0.05) is 12.1 Å². The fraction of sp³-hybridized carbons (Fsp3) is 0.133. The summed E-state index contributed by atoms with van der Waals surface area (Å²) in [5.41, 5.74) is 1.26. The molecule has 2 rings (SSSR count). The van der Waals surface area contributed by atoms with E-state index in [1.807, 2.05) is 0 Å². The number of phenolic OH excluding ortho intramolecular Hbond substituents is 1. The Bertz CT molecular complexity index is 582. The molecule has 2 aromatic rings. The van der Waals surface area contributed by atoms with Crippen LogP contribution in [0.4, 0.5) is 0 Å². The molecule has 0 aliphatic rings. The van der Waals surface area contributed by atoms with E-state index < -0.39 is 6.04 Å². The van der Waals surface area contributed by atoms with Crippen LogP contribution in [0.2, 0.25) is 0 Å². The molecule has 0 radical (unpaired) electrons. The molecule has 0 bridgehead atoms. The molecule has 20 heavy (non-hydrogen) atoms. The van der Waals surface area contributed by atoms with Crippen molar-refractivity contribution in [1.29, 1.82) is 0 Å². The zero-order valence-corrected chi connectivity index (χ0v) is 10.7. The largest absolute Gasteiger partial charge is 0.508 e. The third kappa shape index (κ3) is 3.65. The number of nitrogens with zero attached hydrogens (tertiary/aromatic N) is 1. The minimum Gasteiger partial charge on any atom is -0.508 e. The lowest BCUT2D eigenvalue weighted by Gasteiger charge is -2.12. The van der Waals surface area contributed by atoms with Gasteiger partial charge in [0.2, 0.25) is 0 Å². The average molecular weight is 270 g/mol. The van der Waals surface area contributed by atoms with Crippen molar-refractivity contribution < 1.29 is 14.7 Å². The smallest absolute Gasteiger partial charge is 0.253 e. The Kier molecular flexibility index (Phi) is 4.44. The number of hydrogen-bond acceptors (Lipinski definition) is 4. The van der Waals surface area contributed by atoms with Gasteiger partial charge in [-0.2, -0.15) is 0 Å². The number of carbonyl (C=O) groups excluding carboxylic acids is 2. The summed E-state index contributed by atoms with van der Waals surface area (Å²) in [6.07, 6.45) is 4.08. The van der Waals surface area contributed by atoms with Crippen molar-refractivity contribution in [3.05, 3.63) is 59.9 Å². The van der Waals surface area contributed by atoms with Crippen LogP contribution in [-0.4, -0.2) is 28.3 Å². The molecule has 0 aliphatic carbocycles.